The molecule has 264 valence electrons. The number of ketones is 1. The predicted molar refractivity (Wildman–Crippen MR) is 183 cm³/mol. The summed E-state index contributed by atoms with van der Waals surface area (Å²) in [6.45, 7) is 10.4. The number of pyridine rings is 1. The number of esters is 1. The number of aliphatic hydroxyl groups excluding tert-OH is 1. The molecule has 49 heavy (non-hydrogen) atoms. The Kier molecular flexibility index (Phi) is 11.2. The molecule has 0 radical (unpaired) electrons. The van der Waals surface area contributed by atoms with Crippen molar-refractivity contribution in [3.8, 4) is 11.1 Å². The van der Waals surface area contributed by atoms with Crippen LogP contribution in [0.15, 0.2) is 54.9 Å². The number of aromatic nitrogens is 2. The van der Waals surface area contributed by atoms with E-state index in [4.69, 9.17) is 21.1 Å². The summed E-state index contributed by atoms with van der Waals surface area (Å²) in [4.78, 5) is 31.2. The van der Waals surface area contributed by atoms with E-state index in [1.807, 2.05) is 0 Å². The van der Waals surface area contributed by atoms with Crippen molar-refractivity contribution in [1.82, 2.24) is 9.55 Å². The van der Waals surface area contributed by atoms with Gasteiger partial charge in [-0.3, -0.25) is 14.2 Å². The largest absolute Gasteiger partial charge is 0.443 e. The maximum absolute atomic E-state index is 16.4. The second-order valence-corrected chi connectivity index (χ2v) is 16.1. The van der Waals surface area contributed by atoms with Gasteiger partial charge >= 0.3 is 5.97 Å². The smallest absolute Gasteiger partial charge is 0.312 e. The molecule has 0 saturated heterocycles. The van der Waals surface area contributed by atoms with Crippen LogP contribution >= 0.6 is 11.6 Å². The van der Waals surface area contributed by atoms with Gasteiger partial charge in [0, 0.05) is 33.8 Å². The highest BCUT2D eigenvalue weighted by Crippen LogP contribution is 2.33. The fraction of sp³-hybridized carbons (Fsp3) is 0.400. The molecule has 0 aliphatic rings. The summed E-state index contributed by atoms with van der Waals surface area (Å²) in [6.07, 6.45) is 1.54. The molecule has 0 fully saturated rings. The van der Waals surface area contributed by atoms with Gasteiger partial charge in [-0.05, 0) is 63.1 Å². The molecule has 1 atom stereocenters. The van der Waals surface area contributed by atoms with Crippen LogP contribution in [0.25, 0.3) is 22.2 Å². The van der Waals surface area contributed by atoms with E-state index < -0.39 is 74.3 Å². The summed E-state index contributed by atoms with van der Waals surface area (Å²) in [6, 6.07) is 10.1. The van der Waals surface area contributed by atoms with Crippen molar-refractivity contribution in [2.24, 2.45) is 10.8 Å². The minimum atomic E-state index is -4.26. The van der Waals surface area contributed by atoms with Crippen LogP contribution in [0.2, 0.25) is 5.02 Å². The Morgan fingerprint density at radius 2 is 1.69 bits per heavy atom. The Balaban J connectivity index is 1.87. The highest BCUT2D eigenvalue weighted by Gasteiger charge is 2.33. The highest BCUT2D eigenvalue weighted by molar-refractivity contribution is 7.92. The third-order valence-corrected chi connectivity index (χ3v) is 9.69. The van der Waals surface area contributed by atoms with Crippen LogP contribution in [-0.4, -0.2) is 53.6 Å². The molecule has 10 nitrogen and oxygen atoms in total. The number of benzene rings is 2. The molecule has 4 aromatic rings. The Morgan fingerprint density at radius 1 is 1.04 bits per heavy atom. The maximum atomic E-state index is 16.4. The van der Waals surface area contributed by atoms with E-state index in [2.05, 4.69) is 4.98 Å². The van der Waals surface area contributed by atoms with Gasteiger partial charge in [0.15, 0.2) is 18.8 Å². The molecule has 4 rings (SSSR count). The molecule has 2 aromatic carbocycles. The average molecular weight is 720 g/mol. The zero-order chi connectivity index (χ0) is 36.5. The number of hydrogen-bond acceptors (Lipinski definition) is 8. The number of aliphatic hydroxyl groups is 1. The second-order valence-electron chi connectivity index (χ2n) is 13.7. The minimum absolute atomic E-state index is 0.164. The Labute approximate surface area is 289 Å². The van der Waals surface area contributed by atoms with Gasteiger partial charge in [-0.1, -0.05) is 51.4 Å². The summed E-state index contributed by atoms with van der Waals surface area (Å²) >= 11 is 6.05. The predicted octanol–water partition coefficient (Wildman–Crippen LogP) is 7.30. The lowest BCUT2D eigenvalue weighted by Gasteiger charge is -2.30. The van der Waals surface area contributed by atoms with Crippen molar-refractivity contribution in [3.63, 3.8) is 0 Å². The van der Waals surface area contributed by atoms with Crippen LogP contribution in [0.3, 0.4) is 0 Å². The monoisotopic (exact) mass is 719 g/mol. The van der Waals surface area contributed by atoms with Crippen molar-refractivity contribution < 1.29 is 41.4 Å². The number of ether oxygens (including phenoxy) is 2. The van der Waals surface area contributed by atoms with E-state index in [-0.39, 0.29) is 29.7 Å². The van der Waals surface area contributed by atoms with E-state index in [0.717, 1.165) is 12.1 Å². The van der Waals surface area contributed by atoms with Gasteiger partial charge in [-0.15, -0.1) is 0 Å². The molecule has 0 bridgehead atoms. The molecular formula is C35H40ClF2N3O7S. The number of hydrogen-bond donors (Lipinski definition) is 1. The normalized spacial score (nSPS) is 13.0. The highest BCUT2D eigenvalue weighted by atomic mass is 35.5. The lowest BCUT2D eigenvalue weighted by Crippen LogP contribution is -2.40. The minimum Gasteiger partial charge on any atom is -0.443 e. The quantitative estimate of drug-likeness (QED) is 0.0918. The van der Waals surface area contributed by atoms with Crippen LogP contribution in [0, 0.1) is 22.5 Å². The molecule has 0 spiro atoms. The summed E-state index contributed by atoms with van der Waals surface area (Å²) < 4.78 is 71.4. The lowest BCUT2D eigenvalue weighted by molar-refractivity contribution is -0.157. The van der Waals surface area contributed by atoms with E-state index in [9.17, 15) is 23.1 Å². The topological polar surface area (TPSA) is 128 Å². The zero-order valence-electron chi connectivity index (χ0n) is 28.4. The second kappa shape index (κ2) is 14.5. The maximum Gasteiger partial charge on any atom is 0.312 e. The summed E-state index contributed by atoms with van der Waals surface area (Å²) in [5.74, 6) is -4.74. The first-order valence-corrected chi connectivity index (χ1v) is 17.5. The first-order valence-electron chi connectivity index (χ1n) is 15.5. The van der Waals surface area contributed by atoms with Crippen molar-refractivity contribution in [1.29, 1.82) is 0 Å². The first kappa shape index (κ1) is 37.9. The number of fused-ring (bicyclic) bond motifs is 1. The van der Waals surface area contributed by atoms with Gasteiger partial charge in [0.25, 0.3) is 0 Å². The van der Waals surface area contributed by atoms with Gasteiger partial charge in [0.1, 0.15) is 18.2 Å². The van der Waals surface area contributed by atoms with Crippen LogP contribution in [0.1, 0.15) is 70.8 Å². The number of carbonyl (C=O) groups is 2. The van der Waals surface area contributed by atoms with Gasteiger partial charge in [-0.25, -0.2) is 26.5 Å². The fourth-order valence-electron chi connectivity index (χ4n) is 4.73. The fourth-order valence-corrected chi connectivity index (χ4v) is 6.25. The summed E-state index contributed by atoms with van der Waals surface area (Å²) in [5.41, 5.74) is -2.03. The van der Waals surface area contributed by atoms with Crippen LogP contribution in [0.4, 0.5) is 14.5 Å². The van der Waals surface area contributed by atoms with Gasteiger partial charge in [0.2, 0.25) is 15.8 Å². The van der Waals surface area contributed by atoms with E-state index in [1.165, 1.54) is 17.0 Å². The standard InChI is InChI=1S/C35H40ClF2N3O7S/c1-8-15-49(45,46)41(20-48-33(44)35(5,6)7)27-14-13-26(37)28(29(27)38)30(42)25-18-40(19-47-32(43)34(2,3)4)31-24(25)16-22(17-39-31)21-9-11-23(36)12-10-21/h9-14,16-18,33,44H,8,15,19-20H2,1-7H3. The molecule has 2 aromatic heterocycles. The van der Waals surface area contributed by atoms with Crippen molar-refractivity contribution >= 4 is 50.1 Å². The zero-order valence-corrected chi connectivity index (χ0v) is 30.0. The number of nitrogens with zero attached hydrogens (tertiary/aromatic N) is 3. The van der Waals surface area contributed by atoms with Crippen molar-refractivity contribution in [3.05, 3.63) is 82.6 Å². The Bertz CT molecular complexity index is 1970. The molecular weight excluding hydrogens is 680 g/mol. The van der Waals surface area contributed by atoms with Crippen molar-refractivity contribution in [2.75, 3.05) is 16.8 Å². The molecule has 0 amide bonds. The Morgan fingerprint density at radius 3 is 2.29 bits per heavy atom. The summed E-state index contributed by atoms with van der Waals surface area (Å²) in [5, 5.41) is 11.1. The Hall–Kier alpha value is -3.91. The lowest BCUT2D eigenvalue weighted by atomic mass is 9.96. The number of rotatable bonds is 12. The van der Waals surface area contributed by atoms with E-state index >= 15 is 8.78 Å². The third kappa shape index (κ3) is 8.46. The van der Waals surface area contributed by atoms with Crippen molar-refractivity contribution in [2.45, 2.75) is 67.9 Å². The average Bonchev–Trinajstić information content (AvgIpc) is 3.37. The SMILES string of the molecule is CCCS(=O)(=O)N(COC(O)C(C)(C)C)c1ccc(F)c(C(=O)c2cn(COC(=O)C(C)(C)C)c3ncc(-c4ccc(Cl)cc4)cc23)c1F. The van der Waals surface area contributed by atoms with Crippen LogP contribution < -0.4 is 4.31 Å². The molecule has 0 aliphatic heterocycles. The molecule has 1 unspecified atom stereocenters. The third-order valence-electron chi connectivity index (χ3n) is 7.54. The van der Waals surface area contributed by atoms with Gasteiger partial charge < -0.3 is 14.6 Å². The molecule has 0 aliphatic carbocycles. The van der Waals surface area contributed by atoms with E-state index in [0.29, 0.717) is 20.5 Å². The molecule has 14 heteroatoms. The molecule has 0 saturated carbocycles. The van der Waals surface area contributed by atoms with Crippen LogP contribution in [-0.2, 0) is 31.0 Å². The van der Waals surface area contributed by atoms with E-state index in [1.54, 1.807) is 78.8 Å². The van der Waals surface area contributed by atoms with Crippen LogP contribution in [0.5, 0.6) is 0 Å². The number of halogens is 3. The molecule has 2 heterocycles. The summed E-state index contributed by atoms with van der Waals surface area (Å²) in [7, 11) is -4.26. The molecule has 1 N–H and O–H groups in total. The van der Waals surface area contributed by atoms with Gasteiger partial charge in [-0.2, -0.15) is 0 Å². The first-order chi connectivity index (χ1) is 22.8. The van der Waals surface area contributed by atoms with Gasteiger partial charge in [0.05, 0.1) is 28.0 Å². The number of carbonyl (C=O) groups excluding carboxylic acids is 2. The number of anilines is 1. The number of sulfonamides is 1.